The molecule has 0 N–H and O–H groups in total. The van der Waals surface area contributed by atoms with Crippen molar-refractivity contribution in [3.63, 3.8) is 0 Å². The number of nitrogens with zero attached hydrogens (tertiary/aromatic N) is 2. The van der Waals surface area contributed by atoms with E-state index in [2.05, 4.69) is 20.8 Å². The van der Waals surface area contributed by atoms with Gasteiger partial charge in [-0.1, -0.05) is 20.8 Å². The highest BCUT2D eigenvalue weighted by molar-refractivity contribution is 7.13. The monoisotopic (exact) mass is 348 g/mol. The summed E-state index contributed by atoms with van der Waals surface area (Å²) in [7, 11) is 0. The van der Waals surface area contributed by atoms with Crippen LogP contribution in [0.4, 0.5) is 0 Å². The van der Waals surface area contributed by atoms with Crippen molar-refractivity contribution in [3.8, 4) is 0 Å². The van der Waals surface area contributed by atoms with E-state index in [-0.39, 0.29) is 22.6 Å². The highest BCUT2D eigenvalue weighted by Crippen LogP contribution is 2.41. The second-order valence-electron chi connectivity index (χ2n) is 8.56. The summed E-state index contributed by atoms with van der Waals surface area (Å²) in [6, 6.07) is 3.89. The molecule has 2 fully saturated rings. The largest absolute Gasteiger partial charge is 0.342 e. The molecule has 2 amide bonds. The Morgan fingerprint density at radius 2 is 2.00 bits per heavy atom. The van der Waals surface area contributed by atoms with Gasteiger partial charge in [-0.25, -0.2) is 0 Å². The van der Waals surface area contributed by atoms with Crippen molar-refractivity contribution >= 4 is 23.2 Å². The zero-order chi connectivity index (χ0) is 17.5. The van der Waals surface area contributed by atoms with Crippen molar-refractivity contribution in [2.45, 2.75) is 47.0 Å². The average Bonchev–Trinajstić information content (AvgIpc) is 3.10. The molecule has 0 saturated carbocycles. The number of rotatable bonds is 2. The van der Waals surface area contributed by atoms with E-state index >= 15 is 0 Å². The third-order valence-electron chi connectivity index (χ3n) is 5.08. The van der Waals surface area contributed by atoms with Crippen LogP contribution in [-0.2, 0) is 4.79 Å². The quantitative estimate of drug-likeness (QED) is 0.820. The molecule has 0 aromatic carbocycles. The fourth-order valence-electron chi connectivity index (χ4n) is 4.01. The lowest BCUT2D eigenvalue weighted by atomic mass is 9.77. The van der Waals surface area contributed by atoms with Gasteiger partial charge in [0.15, 0.2) is 0 Å². The van der Waals surface area contributed by atoms with Crippen LogP contribution in [0.1, 0.15) is 54.6 Å². The Morgan fingerprint density at radius 3 is 2.62 bits per heavy atom. The van der Waals surface area contributed by atoms with Crippen LogP contribution in [0.2, 0.25) is 0 Å². The Bertz CT molecular complexity index is 646. The number of hydrogen-bond acceptors (Lipinski definition) is 3. The second kappa shape index (κ2) is 6.17. The van der Waals surface area contributed by atoms with Crippen LogP contribution in [0.25, 0.3) is 0 Å². The maximum Gasteiger partial charge on any atom is 0.263 e. The summed E-state index contributed by atoms with van der Waals surface area (Å²) in [5.41, 5.74) is -0.234. The molecule has 2 aliphatic rings. The van der Waals surface area contributed by atoms with Crippen LogP contribution in [0.5, 0.6) is 0 Å². The van der Waals surface area contributed by atoms with E-state index in [0.29, 0.717) is 13.1 Å². The molecule has 0 radical (unpaired) electrons. The predicted molar refractivity (Wildman–Crippen MR) is 97.3 cm³/mol. The number of amides is 2. The first-order chi connectivity index (χ1) is 11.2. The summed E-state index contributed by atoms with van der Waals surface area (Å²) in [6.07, 6.45) is 2.77. The number of likely N-dealkylation sites (tertiary alicyclic amines) is 2. The lowest BCUT2D eigenvalue weighted by molar-refractivity contribution is -0.146. The summed E-state index contributed by atoms with van der Waals surface area (Å²) in [5.74, 6) is 0.354. The molecule has 0 aliphatic carbocycles. The predicted octanol–water partition coefficient (Wildman–Crippen LogP) is 3.56. The highest BCUT2D eigenvalue weighted by atomic mass is 32.1. The van der Waals surface area contributed by atoms with Gasteiger partial charge in [-0.2, -0.15) is 0 Å². The molecular weight excluding hydrogens is 320 g/mol. The molecular formula is C19H28N2O2S. The molecule has 3 rings (SSSR count). The minimum atomic E-state index is -0.342. The van der Waals surface area contributed by atoms with Gasteiger partial charge in [-0.15, -0.1) is 11.3 Å². The lowest BCUT2D eigenvalue weighted by Crippen LogP contribution is -2.52. The molecule has 1 aromatic rings. The summed E-state index contributed by atoms with van der Waals surface area (Å²) >= 11 is 1.54. The summed E-state index contributed by atoms with van der Waals surface area (Å²) in [5, 5.41) is 0. The average molecular weight is 349 g/mol. The van der Waals surface area contributed by atoms with Crippen LogP contribution in [0.15, 0.2) is 12.1 Å². The minimum absolute atomic E-state index is 0.0886. The van der Waals surface area contributed by atoms with E-state index < -0.39 is 0 Å². The van der Waals surface area contributed by atoms with Gasteiger partial charge in [0.05, 0.1) is 10.3 Å². The number of piperidine rings is 1. The second-order valence-corrected chi connectivity index (χ2v) is 9.85. The third kappa shape index (κ3) is 3.37. The van der Waals surface area contributed by atoms with Crippen LogP contribution < -0.4 is 0 Å². The van der Waals surface area contributed by atoms with Crippen molar-refractivity contribution in [1.29, 1.82) is 0 Å². The van der Waals surface area contributed by atoms with Crippen LogP contribution in [-0.4, -0.2) is 47.8 Å². The van der Waals surface area contributed by atoms with Crippen molar-refractivity contribution < 1.29 is 9.59 Å². The molecule has 0 bridgehead atoms. The van der Waals surface area contributed by atoms with E-state index in [9.17, 15) is 9.59 Å². The van der Waals surface area contributed by atoms with Gasteiger partial charge in [0, 0.05) is 31.1 Å². The first kappa shape index (κ1) is 17.5. The van der Waals surface area contributed by atoms with Crippen LogP contribution in [0.3, 0.4) is 0 Å². The van der Waals surface area contributed by atoms with E-state index in [1.165, 1.54) is 0 Å². The first-order valence-corrected chi connectivity index (χ1v) is 9.67. The van der Waals surface area contributed by atoms with E-state index in [1.54, 1.807) is 11.3 Å². The molecule has 2 saturated heterocycles. The number of hydrogen-bond donors (Lipinski definition) is 0. The molecule has 3 heterocycles. The van der Waals surface area contributed by atoms with Crippen molar-refractivity contribution in [1.82, 2.24) is 9.80 Å². The Hall–Kier alpha value is -1.36. The molecule has 2 aliphatic heterocycles. The molecule has 5 heteroatoms. The van der Waals surface area contributed by atoms with Gasteiger partial charge < -0.3 is 9.80 Å². The van der Waals surface area contributed by atoms with E-state index in [1.807, 2.05) is 28.9 Å². The first-order valence-electron chi connectivity index (χ1n) is 8.85. The normalized spacial score (nSPS) is 24.9. The maximum absolute atomic E-state index is 13.1. The number of thiophene rings is 1. The van der Waals surface area contributed by atoms with Gasteiger partial charge in [-0.05, 0) is 43.7 Å². The molecule has 4 nitrogen and oxygen atoms in total. The smallest absolute Gasteiger partial charge is 0.263 e. The number of carbonyl (C=O) groups is 2. The Kier molecular flexibility index (Phi) is 4.49. The minimum Gasteiger partial charge on any atom is -0.342 e. The topological polar surface area (TPSA) is 40.6 Å². The molecule has 132 valence electrons. The fourth-order valence-corrected chi connectivity index (χ4v) is 4.84. The fraction of sp³-hybridized carbons (Fsp3) is 0.684. The van der Waals surface area contributed by atoms with E-state index in [4.69, 9.17) is 0 Å². The Morgan fingerprint density at radius 1 is 1.25 bits per heavy atom. The zero-order valence-corrected chi connectivity index (χ0v) is 16.0. The Labute approximate surface area is 148 Å². The summed E-state index contributed by atoms with van der Waals surface area (Å²) in [4.78, 5) is 31.7. The van der Waals surface area contributed by atoms with Gasteiger partial charge in [-0.3, -0.25) is 9.59 Å². The highest BCUT2D eigenvalue weighted by Gasteiger charge is 2.49. The maximum atomic E-state index is 13.1. The Balaban J connectivity index is 1.73. The summed E-state index contributed by atoms with van der Waals surface area (Å²) < 4.78 is 0. The molecule has 24 heavy (non-hydrogen) atoms. The van der Waals surface area contributed by atoms with Gasteiger partial charge in [0.25, 0.3) is 5.91 Å². The lowest BCUT2D eigenvalue weighted by Gasteiger charge is -2.41. The van der Waals surface area contributed by atoms with E-state index in [0.717, 1.165) is 42.1 Å². The number of carbonyl (C=O) groups excluding carboxylic acids is 2. The van der Waals surface area contributed by atoms with Gasteiger partial charge >= 0.3 is 0 Å². The number of aryl methyl sites for hydroxylation is 1. The summed E-state index contributed by atoms with van der Waals surface area (Å²) in [6.45, 7) is 11.5. The van der Waals surface area contributed by atoms with Crippen molar-refractivity contribution in [2.75, 3.05) is 26.2 Å². The van der Waals surface area contributed by atoms with Crippen LogP contribution in [0, 0.1) is 17.8 Å². The van der Waals surface area contributed by atoms with Crippen molar-refractivity contribution in [3.05, 3.63) is 21.9 Å². The standard InChI is InChI=1S/C19H28N2O2S/c1-14-6-7-15(24-14)16(22)20-11-9-19(13-20)8-5-10-21(17(19)23)12-18(2,3)4/h6-7H,5,8-13H2,1-4H3/t19-/m1/s1. The zero-order valence-electron chi connectivity index (χ0n) is 15.2. The molecule has 1 atom stereocenters. The SMILES string of the molecule is Cc1ccc(C(=O)N2CC[C@]3(CCCN(CC(C)(C)C)C3=O)C2)s1. The third-order valence-corrected chi connectivity index (χ3v) is 6.07. The molecule has 1 spiro atoms. The van der Waals surface area contributed by atoms with Gasteiger partial charge in [0.1, 0.15) is 0 Å². The molecule has 0 unspecified atom stereocenters. The van der Waals surface area contributed by atoms with Crippen molar-refractivity contribution in [2.24, 2.45) is 10.8 Å². The molecule has 1 aromatic heterocycles. The van der Waals surface area contributed by atoms with Gasteiger partial charge in [0.2, 0.25) is 5.91 Å². The van der Waals surface area contributed by atoms with Crippen LogP contribution >= 0.6 is 11.3 Å².